The summed E-state index contributed by atoms with van der Waals surface area (Å²) >= 11 is 6.23. The van der Waals surface area contributed by atoms with Crippen LogP contribution in [0.5, 0.6) is 0 Å². The number of morpholine rings is 1. The first-order valence-electron chi connectivity index (χ1n) is 11.9. The highest BCUT2D eigenvalue weighted by Gasteiger charge is 2.31. The van der Waals surface area contributed by atoms with Crippen molar-refractivity contribution < 1.29 is 19.1 Å². The zero-order valence-electron chi connectivity index (χ0n) is 20.4. The van der Waals surface area contributed by atoms with E-state index >= 15 is 0 Å². The summed E-state index contributed by atoms with van der Waals surface area (Å²) in [7, 11) is 0. The molecule has 2 aromatic rings. The molecule has 0 saturated carbocycles. The van der Waals surface area contributed by atoms with Crippen molar-refractivity contribution in [2.24, 2.45) is 5.92 Å². The number of nitrogens with one attached hydrogen (secondary N) is 1. The second-order valence-electron chi connectivity index (χ2n) is 9.82. The number of hydrogen-bond acceptors (Lipinski definition) is 7. The largest absolute Gasteiger partial charge is 0.444 e. The summed E-state index contributed by atoms with van der Waals surface area (Å²) in [6.45, 7) is 9.20. The Morgan fingerprint density at radius 2 is 1.91 bits per heavy atom. The molecule has 0 spiro atoms. The van der Waals surface area contributed by atoms with E-state index in [0.717, 1.165) is 37.3 Å². The molecule has 10 heteroatoms. The molecule has 188 valence electrons. The molecule has 1 unspecified atom stereocenters. The molecule has 35 heavy (non-hydrogen) atoms. The smallest absolute Gasteiger partial charge is 0.410 e. The lowest BCUT2D eigenvalue weighted by atomic mass is 9.97. The molecule has 9 nitrogen and oxygen atoms in total. The number of carbonyl (C=O) groups excluding carboxylic acids is 2. The van der Waals surface area contributed by atoms with Crippen LogP contribution in [0.15, 0.2) is 30.3 Å². The Morgan fingerprint density at radius 3 is 2.66 bits per heavy atom. The molecular formula is C25H32ClN5O4. The Hall–Kier alpha value is -2.91. The van der Waals surface area contributed by atoms with E-state index in [2.05, 4.69) is 20.2 Å². The minimum Gasteiger partial charge on any atom is -0.444 e. The summed E-state index contributed by atoms with van der Waals surface area (Å²) in [5.41, 5.74) is 1.58. The van der Waals surface area contributed by atoms with Crippen LogP contribution < -0.4 is 10.2 Å². The number of likely N-dealkylation sites (tertiary alicyclic amines) is 1. The van der Waals surface area contributed by atoms with Crippen LogP contribution in [0.3, 0.4) is 0 Å². The molecule has 3 heterocycles. The Labute approximate surface area is 210 Å². The number of nitrogens with zero attached hydrogens (tertiary/aromatic N) is 4. The van der Waals surface area contributed by atoms with E-state index in [1.165, 1.54) is 0 Å². The number of rotatable bonds is 4. The molecule has 0 aliphatic carbocycles. The Balaban J connectivity index is 1.44. The molecule has 1 aromatic carbocycles. The van der Waals surface area contributed by atoms with Crippen LogP contribution in [0, 0.1) is 5.92 Å². The molecule has 2 saturated heterocycles. The van der Waals surface area contributed by atoms with Crippen LogP contribution in [0.1, 0.15) is 33.6 Å². The fraction of sp³-hybridized carbons (Fsp3) is 0.520. The van der Waals surface area contributed by atoms with Crippen molar-refractivity contribution in [3.63, 3.8) is 0 Å². The molecule has 2 fully saturated rings. The third-order valence-electron chi connectivity index (χ3n) is 5.89. The van der Waals surface area contributed by atoms with Gasteiger partial charge in [-0.3, -0.25) is 4.79 Å². The van der Waals surface area contributed by atoms with Crippen molar-refractivity contribution in [3.05, 3.63) is 35.6 Å². The number of ether oxygens (including phenoxy) is 2. The summed E-state index contributed by atoms with van der Waals surface area (Å²) in [5, 5.41) is 3.17. The number of amides is 2. The van der Waals surface area contributed by atoms with Crippen LogP contribution >= 0.6 is 11.6 Å². The zero-order valence-corrected chi connectivity index (χ0v) is 21.2. The number of piperidine rings is 1. The van der Waals surface area contributed by atoms with Crippen molar-refractivity contribution in [1.29, 1.82) is 0 Å². The number of anilines is 2. The number of carbonyl (C=O) groups is 2. The minimum absolute atomic E-state index is 0.120. The summed E-state index contributed by atoms with van der Waals surface area (Å²) in [4.78, 5) is 38.0. The van der Waals surface area contributed by atoms with Crippen molar-refractivity contribution in [2.75, 3.05) is 49.6 Å². The number of halogens is 1. The van der Waals surface area contributed by atoms with Crippen molar-refractivity contribution in [3.8, 4) is 11.3 Å². The minimum atomic E-state index is -0.571. The Morgan fingerprint density at radius 1 is 1.14 bits per heavy atom. The maximum atomic E-state index is 13.0. The van der Waals surface area contributed by atoms with Gasteiger partial charge in [0.05, 0.1) is 24.8 Å². The van der Waals surface area contributed by atoms with E-state index < -0.39 is 5.60 Å². The van der Waals surface area contributed by atoms with E-state index in [0.29, 0.717) is 37.7 Å². The van der Waals surface area contributed by atoms with Gasteiger partial charge in [-0.05, 0) is 57.3 Å². The number of benzene rings is 1. The van der Waals surface area contributed by atoms with Crippen LogP contribution in [-0.2, 0) is 14.3 Å². The Bertz CT molecular complexity index is 1070. The number of hydrogen-bond donors (Lipinski definition) is 1. The van der Waals surface area contributed by atoms with Gasteiger partial charge in [-0.1, -0.05) is 12.1 Å². The molecule has 2 amide bonds. The van der Waals surface area contributed by atoms with Gasteiger partial charge < -0.3 is 24.6 Å². The molecule has 2 aliphatic heterocycles. The van der Waals surface area contributed by atoms with E-state index in [9.17, 15) is 9.59 Å². The first-order valence-corrected chi connectivity index (χ1v) is 12.3. The van der Waals surface area contributed by atoms with Gasteiger partial charge in [-0.15, -0.1) is 0 Å². The fourth-order valence-corrected chi connectivity index (χ4v) is 4.37. The van der Waals surface area contributed by atoms with E-state index in [1.807, 2.05) is 51.1 Å². The SMILES string of the molecule is CC(C)(C)OC(=O)N1CCCC(C(=O)Nc2cccc(-c3cc(N4CCOCC4)nc(Cl)n3)c2)C1. The summed E-state index contributed by atoms with van der Waals surface area (Å²) in [6.07, 6.45) is 1.09. The lowest BCUT2D eigenvalue weighted by Gasteiger charge is -2.33. The highest BCUT2D eigenvalue weighted by Crippen LogP contribution is 2.27. The monoisotopic (exact) mass is 501 g/mol. The molecule has 0 radical (unpaired) electrons. The first kappa shape index (κ1) is 25.2. The average Bonchev–Trinajstić information content (AvgIpc) is 2.83. The molecule has 2 aliphatic rings. The molecule has 0 bridgehead atoms. The Kier molecular flexibility index (Phi) is 7.76. The van der Waals surface area contributed by atoms with E-state index in [-0.39, 0.29) is 23.2 Å². The van der Waals surface area contributed by atoms with Gasteiger partial charge in [-0.2, -0.15) is 0 Å². The van der Waals surface area contributed by atoms with Crippen LogP contribution in [0.25, 0.3) is 11.3 Å². The van der Waals surface area contributed by atoms with Gasteiger partial charge >= 0.3 is 6.09 Å². The third-order valence-corrected chi connectivity index (χ3v) is 6.06. The molecule has 1 atom stereocenters. The van der Waals surface area contributed by atoms with E-state index in [4.69, 9.17) is 21.1 Å². The molecule has 1 N–H and O–H groups in total. The maximum Gasteiger partial charge on any atom is 0.410 e. The quantitative estimate of drug-likeness (QED) is 0.626. The number of aromatic nitrogens is 2. The normalized spacial score (nSPS) is 18.8. The first-order chi connectivity index (χ1) is 16.7. The van der Waals surface area contributed by atoms with Crippen LogP contribution in [0.4, 0.5) is 16.3 Å². The highest BCUT2D eigenvalue weighted by molar-refractivity contribution is 6.28. The predicted octanol–water partition coefficient (Wildman–Crippen LogP) is 4.22. The second-order valence-corrected chi connectivity index (χ2v) is 10.2. The summed E-state index contributed by atoms with van der Waals surface area (Å²) < 4.78 is 10.9. The topological polar surface area (TPSA) is 96.9 Å². The zero-order chi connectivity index (χ0) is 25.0. The molecule has 4 rings (SSSR count). The predicted molar refractivity (Wildman–Crippen MR) is 135 cm³/mol. The lowest BCUT2D eigenvalue weighted by Crippen LogP contribution is -2.45. The van der Waals surface area contributed by atoms with Crippen molar-refractivity contribution >= 4 is 35.1 Å². The van der Waals surface area contributed by atoms with Gasteiger partial charge in [0.2, 0.25) is 11.2 Å². The summed E-state index contributed by atoms with van der Waals surface area (Å²) in [5.74, 6) is 0.327. The lowest BCUT2D eigenvalue weighted by molar-refractivity contribution is -0.121. The van der Waals surface area contributed by atoms with Gasteiger partial charge in [0.15, 0.2) is 0 Å². The van der Waals surface area contributed by atoms with Crippen molar-refractivity contribution in [1.82, 2.24) is 14.9 Å². The van der Waals surface area contributed by atoms with Crippen LogP contribution in [0.2, 0.25) is 5.28 Å². The standard InChI is InChI=1S/C25H32ClN5O4/c1-25(2,3)35-24(33)31-9-5-7-18(16-31)22(32)27-19-8-4-6-17(14-19)20-15-21(29-23(26)28-20)30-10-12-34-13-11-30/h4,6,8,14-15,18H,5,7,9-13,16H2,1-3H3,(H,27,32). The highest BCUT2D eigenvalue weighted by atomic mass is 35.5. The average molecular weight is 502 g/mol. The van der Waals surface area contributed by atoms with Crippen molar-refractivity contribution in [2.45, 2.75) is 39.2 Å². The fourth-order valence-electron chi connectivity index (χ4n) is 4.19. The van der Waals surface area contributed by atoms with Crippen LogP contribution in [-0.4, -0.2) is 71.9 Å². The second kappa shape index (κ2) is 10.8. The van der Waals surface area contributed by atoms with Gasteiger partial charge in [0.1, 0.15) is 11.4 Å². The molecule has 1 aromatic heterocycles. The molecular weight excluding hydrogens is 470 g/mol. The van der Waals surface area contributed by atoms with Gasteiger partial charge in [-0.25, -0.2) is 14.8 Å². The third kappa shape index (κ3) is 6.82. The van der Waals surface area contributed by atoms with Gasteiger partial charge in [0.25, 0.3) is 0 Å². The summed E-state index contributed by atoms with van der Waals surface area (Å²) in [6, 6.07) is 9.39. The van der Waals surface area contributed by atoms with E-state index in [1.54, 1.807) is 4.90 Å². The maximum absolute atomic E-state index is 13.0. The van der Waals surface area contributed by atoms with Gasteiger partial charge in [0, 0.05) is 43.5 Å².